The van der Waals surface area contributed by atoms with E-state index in [0.717, 1.165) is 22.8 Å². The lowest BCUT2D eigenvalue weighted by molar-refractivity contribution is 0.273. The molecule has 2 rings (SSSR count). The zero-order valence-electron chi connectivity index (χ0n) is 12.7. The molecule has 0 amide bonds. The van der Waals surface area contributed by atoms with E-state index in [-0.39, 0.29) is 10.8 Å². The lowest BCUT2D eigenvalue weighted by Gasteiger charge is -2.29. The summed E-state index contributed by atoms with van der Waals surface area (Å²) in [5.41, 5.74) is 1.94. The summed E-state index contributed by atoms with van der Waals surface area (Å²) in [6, 6.07) is 8.03. The van der Waals surface area contributed by atoms with Gasteiger partial charge in [-0.2, -0.15) is 0 Å². The van der Waals surface area contributed by atoms with Crippen molar-refractivity contribution in [1.82, 2.24) is 0 Å². The van der Waals surface area contributed by atoms with Crippen LogP contribution >= 0.6 is 0 Å². The van der Waals surface area contributed by atoms with Crippen LogP contribution in [0.5, 0.6) is 5.75 Å². The molecule has 0 spiro atoms. The molecule has 0 bridgehead atoms. The van der Waals surface area contributed by atoms with Gasteiger partial charge in [0.25, 0.3) is 0 Å². The van der Waals surface area contributed by atoms with Crippen LogP contribution in [-0.2, 0) is 0 Å². The van der Waals surface area contributed by atoms with Crippen molar-refractivity contribution in [2.75, 3.05) is 0 Å². The average molecular weight is 257 g/mol. The fraction of sp³-hybridized carbons (Fsp3) is 0.471. The van der Waals surface area contributed by atoms with Crippen molar-refractivity contribution in [2.45, 2.75) is 41.5 Å². The lowest BCUT2D eigenvalue weighted by atomic mass is 9.84. The fourth-order valence-corrected chi connectivity index (χ4v) is 2.07. The quantitative estimate of drug-likeness (QED) is 0.654. The van der Waals surface area contributed by atoms with Gasteiger partial charge >= 0.3 is 0 Å². The monoisotopic (exact) mass is 257 g/mol. The van der Waals surface area contributed by atoms with E-state index in [1.165, 1.54) is 0 Å². The third-order valence-electron chi connectivity index (χ3n) is 3.07. The molecule has 1 aliphatic heterocycles. The summed E-state index contributed by atoms with van der Waals surface area (Å²) >= 11 is 0. The van der Waals surface area contributed by atoms with E-state index >= 15 is 0 Å². The highest BCUT2D eigenvalue weighted by molar-refractivity contribution is 5.85. The molecule has 1 aromatic carbocycles. The van der Waals surface area contributed by atoms with Gasteiger partial charge in [-0.15, -0.1) is 0 Å². The normalized spacial score (nSPS) is 15.9. The minimum Gasteiger partial charge on any atom is -0.459 e. The van der Waals surface area contributed by atoms with Crippen LogP contribution in [0.15, 0.2) is 40.7 Å². The van der Waals surface area contributed by atoms with Crippen molar-refractivity contribution in [3.63, 3.8) is 0 Å². The van der Waals surface area contributed by atoms with E-state index < -0.39 is 0 Å². The Hall–Kier alpha value is -1.57. The maximum Gasteiger partial charge on any atom is 0.135 e. The molecule has 0 saturated carbocycles. The van der Waals surface area contributed by atoms with E-state index in [1.807, 2.05) is 30.5 Å². The average Bonchev–Trinajstić information content (AvgIpc) is 2.46. The number of ether oxygens (including phenoxy) is 1. The Kier molecular flexibility index (Phi) is 3.29. The van der Waals surface area contributed by atoms with Crippen LogP contribution in [0.2, 0.25) is 0 Å². The molecule has 1 heterocycles. The number of hydrogen-bond donors (Lipinski definition) is 0. The van der Waals surface area contributed by atoms with Gasteiger partial charge in [-0.05, 0) is 12.1 Å². The molecule has 0 aromatic heterocycles. The molecule has 2 heteroatoms. The van der Waals surface area contributed by atoms with Gasteiger partial charge in [-0.3, -0.25) is 4.99 Å². The number of fused-ring (bicyclic) bond motifs is 1. The molecule has 19 heavy (non-hydrogen) atoms. The number of aliphatic imine (C=N–C) groups is 1. The van der Waals surface area contributed by atoms with Crippen molar-refractivity contribution in [3.8, 4) is 5.75 Å². The standard InChI is InChI=1S/C17H23NO/c1-16(2,3)14-15(17(4,5)6)19-13-10-8-7-9-12(13)11-18-14/h7-11H,1-6H3. The molecular formula is C17H23NO. The fourth-order valence-electron chi connectivity index (χ4n) is 2.07. The Morgan fingerprint density at radius 2 is 1.53 bits per heavy atom. The lowest BCUT2D eigenvalue weighted by Crippen LogP contribution is -2.22. The molecule has 1 aromatic rings. The molecule has 0 atom stereocenters. The Morgan fingerprint density at radius 3 is 2.11 bits per heavy atom. The second-order valence-electron chi connectivity index (χ2n) is 7.08. The number of para-hydroxylation sites is 1. The Morgan fingerprint density at radius 1 is 0.895 bits per heavy atom. The summed E-state index contributed by atoms with van der Waals surface area (Å²) in [5.74, 6) is 1.84. The molecule has 0 fully saturated rings. The van der Waals surface area contributed by atoms with Gasteiger partial charge in [0, 0.05) is 22.6 Å². The summed E-state index contributed by atoms with van der Waals surface area (Å²) in [5, 5.41) is 0. The zero-order chi connectivity index (χ0) is 14.3. The predicted molar refractivity (Wildman–Crippen MR) is 80.6 cm³/mol. The highest BCUT2D eigenvalue weighted by atomic mass is 16.5. The molecule has 1 aliphatic rings. The molecule has 0 N–H and O–H groups in total. The topological polar surface area (TPSA) is 21.6 Å². The van der Waals surface area contributed by atoms with Crippen LogP contribution < -0.4 is 4.74 Å². The smallest absolute Gasteiger partial charge is 0.135 e. The first-order valence-electron chi connectivity index (χ1n) is 6.76. The number of benzene rings is 1. The van der Waals surface area contributed by atoms with Gasteiger partial charge < -0.3 is 4.74 Å². The van der Waals surface area contributed by atoms with Crippen LogP contribution in [0.1, 0.15) is 47.1 Å². The summed E-state index contributed by atoms with van der Waals surface area (Å²) in [6.07, 6.45) is 1.91. The van der Waals surface area contributed by atoms with E-state index in [2.05, 4.69) is 41.5 Å². The van der Waals surface area contributed by atoms with Crippen molar-refractivity contribution < 1.29 is 4.74 Å². The van der Waals surface area contributed by atoms with E-state index in [9.17, 15) is 0 Å². The predicted octanol–water partition coefficient (Wildman–Crippen LogP) is 4.80. The van der Waals surface area contributed by atoms with Gasteiger partial charge in [-0.25, -0.2) is 0 Å². The first-order chi connectivity index (χ1) is 8.69. The third kappa shape index (κ3) is 2.89. The van der Waals surface area contributed by atoms with E-state index in [0.29, 0.717) is 0 Å². The molecule has 0 radical (unpaired) electrons. The second-order valence-corrected chi connectivity index (χ2v) is 7.08. The maximum atomic E-state index is 6.22. The van der Waals surface area contributed by atoms with Gasteiger partial charge in [0.1, 0.15) is 11.5 Å². The van der Waals surface area contributed by atoms with Crippen LogP contribution in [0.4, 0.5) is 0 Å². The second kappa shape index (κ2) is 4.52. The Balaban J connectivity index is 2.62. The molecule has 102 valence electrons. The highest BCUT2D eigenvalue weighted by Crippen LogP contribution is 2.40. The van der Waals surface area contributed by atoms with Crippen molar-refractivity contribution in [3.05, 3.63) is 41.3 Å². The van der Waals surface area contributed by atoms with Crippen LogP contribution in [0, 0.1) is 10.8 Å². The number of nitrogens with zero attached hydrogens (tertiary/aromatic N) is 1. The van der Waals surface area contributed by atoms with Gasteiger partial charge in [0.2, 0.25) is 0 Å². The molecular weight excluding hydrogens is 234 g/mol. The molecule has 2 nitrogen and oxygen atoms in total. The van der Waals surface area contributed by atoms with Crippen LogP contribution in [-0.4, -0.2) is 6.21 Å². The van der Waals surface area contributed by atoms with E-state index in [4.69, 9.17) is 9.73 Å². The maximum absolute atomic E-state index is 6.22. The summed E-state index contributed by atoms with van der Waals surface area (Å²) in [7, 11) is 0. The number of hydrogen-bond acceptors (Lipinski definition) is 2. The summed E-state index contributed by atoms with van der Waals surface area (Å²) < 4.78 is 6.22. The number of rotatable bonds is 0. The SMILES string of the molecule is CC(C)(C)C1=C(C(C)(C)C)Oc2ccccc2C=N1. The summed E-state index contributed by atoms with van der Waals surface area (Å²) in [4.78, 5) is 4.71. The van der Waals surface area contributed by atoms with Gasteiger partial charge in [-0.1, -0.05) is 53.7 Å². The van der Waals surface area contributed by atoms with Gasteiger partial charge in [0.15, 0.2) is 0 Å². The third-order valence-corrected chi connectivity index (χ3v) is 3.07. The highest BCUT2D eigenvalue weighted by Gasteiger charge is 2.31. The first kappa shape index (κ1) is 13.9. The minimum absolute atomic E-state index is 0.0405. The van der Waals surface area contributed by atoms with Crippen molar-refractivity contribution >= 4 is 6.21 Å². The van der Waals surface area contributed by atoms with Crippen LogP contribution in [0.3, 0.4) is 0 Å². The van der Waals surface area contributed by atoms with Crippen LogP contribution in [0.25, 0.3) is 0 Å². The largest absolute Gasteiger partial charge is 0.459 e. The molecule has 0 unspecified atom stereocenters. The van der Waals surface area contributed by atoms with E-state index in [1.54, 1.807) is 0 Å². The van der Waals surface area contributed by atoms with Crippen molar-refractivity contribution in [1.29, 1.82) is 0 Å². The Bertz CT molecular complexity index is 539. The summed E-state index contributed by atoms with van der Waals surface area (Å²) in [6.45, 7) is 13.0. The van der Waals surface area contributed by atoms with Crippen molar-refractivity contribution in [2.24, 2.45) is 15.8 Å². The Labute approximate surface area is 116 Å². The number of allylic oxidation sites excluding steroid dienone is 2. The zero-order valence-corrected chi connectivity index (χ0v) is 12.7. The molecule has 0 aliphatic carbocycles. The van der Waals surface area contributed by atoms with Gasteiger partial charge in [0.05, 0.1) is 5.70 Å². The first-order valence-corrected chi connectivity index (χ1v) is 6.76. The molecule has 0 saturated heterocycles. The minimum atomic E-state index is -0.0720.